The summed E-state index contributed by atoms with van der Waals surface area (Å²) in [5, 5.41) is 0. The summed E-state index contributed by atoms with van der Waals surface area (Å²) < 4.78 is 0. The molecule has 0 spiro atoms. The van der Waals surface area contributed by atoms with Crippen LogP contribution in [0.3, 0.4) is 0 Å². The van der Waals surface area contributed by atoms with E-state index in [9.17, 15) is 0 Å². The van der Waals surface area contributed by atoms with Crippen molar-refractivity contribution in [2.75, 3.05) is 0 Å². The second kappa shape index (κ2) is 5.76. The quantitative estimate of drug-likeness (QED) is 0.614. The van der Waals surface area contributed by atoms with Gasteiger partial charge in [-0.15, -0.1) is 0 Å². The minimum atomic E-state index is 0.524. The fourth-order valence-electron chi connectivity index (χ4n) is 3.29. The zero-order valence-electron chi connectivity index (χ0n) is 14.3. The van der Waals surface area contributed by atoms with Gasteiger partial charge in [-0.2, -0.15) is 0 Å². The van der Waals surface area contributed by atoms with Gasteiger partial charge in [0.25, 0.3) is 0 Å². The molecule has 113 valence electrons. The van der Waals surface area contributed by atoms with Crippen LogP contribution in [0.15, 0.2) is 42.0 Å². The third-order valence-electron chi connectivity index (χ3n) is 4.65. The van der Waals surface area contributed by atoms with Gasteiger partial charge in [0, 0.05) is 6.42 Å². The third-order valence-corrected chi connectivity index (χ3v) is 4.65. The molecule has 1 radical (unpaired) electrons. The summed E-state index contributed by atoms with van der Waals surface area (Å²) in [5.41, 5.74) is 9.81. The predicted octanol–water partition coefficient (Wildman–Crippen LogP) is 6.39. The third kappa shape index (κ3) is 2.52. The highest BCUT2D eigenvalue weighted by atomic mass is 14.3. The molecule has 0 unspecified atom stereocenters. The zero-order chi connectivity index (χ0) is 15.9. The molecular weight excluding hydrogens is 264 g/mol. The molecule has 0 saturated carbocycles. The average molecular weight is 289 g/mol. The van der Waals surface area contributed by atoms with Gasteiger partial charge in [-0.1, -0.05) is 75.7 Å². The number of hydrogen-bond donors (Lipinski definition) is 0. The number of fused-ring (bicyclic) bond motifs is 1. The molecule has 2 aromatic carbocycles. The fraction of sp³-hybridized carbons (Fsp3) is 0.318. The Bertz CT molecular complexity index is 730. The molecule has 3 rings (SSSR count). The molecule has 0 aromatic heterocycles. The van der Waals surface area contributed by atoms with Crippen LogP contribution >= 0.6 is 0 Å². The van der Waals surface area contributed by atoms with Crippen molar-refractivity contribution in [3.63, 3.8) is 0 Å². The van der Waals surface area contributed by atoms with Crippen LogP contribution in [0.2, 0.25) is 0 Å². The standard InChI is InChI=1S/C22H25/c1-14(2)18-12-17-10-11-19(15(3)4)22(21(17)13-18)20-9-7-6-8-16(20)5/h6-15H,1-5H3. The van der Waals surface area contributed by atoms with Gasteiger partial charge in [0.2, 0.25) is 0 Å². The first-order valence-corrected chi connectivity index (χ1v) is 8.28. The van der Waals surface area contributed by atoms with Crippen molar-refractivity contribution in [2.24, 2.45) is 5.92 Å². The second-order valence-electron chi connectivity index (χ2n) is 6.95. The number of rotatable bonds is 3. The first-order valence-electron chi connectivity index (χ1n) is 8.28. The van der Waals surface area contributed by atoms with Crippen LogP contribution in [0.25, 0.3) is 17.2 Å². The molecule has 0 aliphatic heterocycles. The summed E-state index contributed by atoms with van der Waals surface area (Å²) in [6.07, 6.45) is 4.75. The molecule has 0 bridgehead atoms. The summed E-state index contributed by atoms with van der Waals surface area (Å²) >= 11 is 0. The first kappa shape index (κ1) is 15.1. The van der Waals surface area contributed by atoms with Crippen LogP contribution in [0.4, 0.5) is 0 Å². The lowest BCUT2D eigenvalue weighted by Gasteiger charge is -2.18. The van der Waals surface area contributed by atoms with Crippen molar-refractivity contribution in [2.45, 2.75) is 40.5 Å². The molecule has 0 N–H and O–H groups in total. The molecule has 0 nitrogen and oxygen atoms in total. The Hall–Kier alpha value is -1.82. The Morgan fingerprint density at radius 3 is 2.18 bits per heavy atom. The lowest BCUT2D eigenvalue weighted by Crippen LogP contribution is -1.98. The molecule has 0 heterocycles. The van der Waals surface area contributed by atoms with E-state index in [0.29, 0.717) is 11.8 Å². The van der Waals surface area contributed by atoms with Crippen LogP contribution in [0.1, 0.15) is 55.9 Å². The van der Waals surface area contributed by atoms with Crippen molar-refractivity contribution < 1.29 is 0 Å². The molecule has 1 aliphatic carbocycles. The van der Waals surface area contributed by atoms with E-state index >= 15 is 0 Å². The summed E-state index contributed by atoms with van der Waals surface area (Å²) in [5.74, 6) is 1.09. The van der Waals surface area contributed by atoms with E-state index in [-0.39, 0.29) is 0 Å². The van der Waals surface area contributed by atoms with Crippen molar-refractivity contribution in [1.82, 2.24) is 0 Å². The molecule has 0 amide bonds. The van der Waals surface area contributed by atoms with E-state index in [1.165, 1.54) is 39.0 Å². The molecule has 0 atom stereocenters. The van der Waals surface area contributed by atoms with Gasteiger partial charge in [0.1, 0.15) is 0 Å². The monoisotopic (exact) mass is 289 g/mol. The summed E-state index contributed by atoms with van der Waals surface area (Å²) in [6.45, 7) is 11.3. The van der Waals surface area contributed by atoms with Gasteiger partial charge in [0.15, 0.2) is 0 Å². The minimum Gasteiger partial charge on any atom is -0.0620 e. The predicted molar refractivity (Wildman–Crippen MR) is 96.9 cm³/mol. The van der Waals surface area contributed by atoms with Crippen molar-refractivity contribution >= 4 is 6.08 Å². The number of aryl methyl sites for hydroxylation is 1. The van der Waals surface area contributed by atoms with Crippen LogP contribution in [0, 0.1) is 19.3 Å². The molecule has 1 aliphatic rings. The molecule has 2 aromatic rings. The molecule has 0 saturated heterocycles. The van der Waals surface area contributed by atoms with Crippen LogP contribution < -0.4 is 0 Å². The Morgan fingerprint density at radius 1 is 0.818 bits per heavy atom. The van der Waals surface area contributed by atoms with Gasteiger partial charge < -0.3 is 0 Å². The van der Waals surface area contributed by atoms with Gasteiger partial charge in [-0.05, 0) is 52.1 Å². The van der Waals surface area contributed by atoms with Crippen molar-refractivity contribution in [3.8, 4) is 11.1 Å². The van der Waals surface area contributed by atoms with Gasteiger partial charge in [-0.25, -0.2) is 0 Å². The van der Waals surface area contributed by atoms with Crippen LogP contribution in [-0.2, 0) is 0 Å². The van der Waals surface area contributed by atoms with E-state index in [4.69, 9.17) is 0 Å². The van der Waals surface area contributed by atoms with Gasteiger partial charge >= 0.3 is 0 Å². The normalized spacial score (nSPS) is 13.7. The van der Waals surface area contributed by atoms with Crippen molar-refractivity contribution in [3.05, 3.63) is 70.6 Å². The number of benzene rings is 2. The largest absolute Gasteiger partial charge is 0.0620 e. The maximum absolute atomic E-state index is 2.40. The average Bonchev–Trinajstić information content (AvgIpc) is 2.91. The lowest BCUT2D eigenvalue weighted by molar-refractivity contribution is 0.789. The summed E-state index contributed by atoms with van der Waals surface area (Å²) in [6, 6.07) is 13.4. The molecule has 0 fully saturated rings. The van der Waals surface area contributed by atoms with Crippen molar-refractivity contribution in [1.29, 1.82) is 0 Å². The topological polar surface area (TPSA) is 0 Å². The van der Waals surface area contributed by atoms with E-state index < -0.39 is 0 Å². The first-order chi connectivity index (χ1) is 10.5. The Labute approximate surface area is 134 Å². The Balaban J connectivity index is 2.28. The highest BCUT2D eigenvalue weighted by Crippen LogP contribution is 2.42. The fourth-order valence-corrected chi connectivity index (χ4v) is 3.29. The molecular formula is C22H25. The molecule has 22 heavy (non-hydrogen) atoms. The highest BCUT2D eigenvalue weighted by Gasteiger charge is 2.22. The SMILES string of the molecule is Cc1ccccc1-c1c(C(C)C)ccc2c1C=C(C(C)C)[CH]2. The van der Waals surface area contributed by atoms with Crippen LogP contribution in [0.5, 0.6) is 0 Å². The van der Waals surface area contributed by atoms with E-state index in [1.54, 1.807) is 0 Å². The lowest BCUT2D eigenvalue weighted by atomic mass is 9.86. The van der Waals surface area contributed by atoms with E-state index in [2.05, 4.69) is 83.5 Å². The molecule has 0 heteroatoms. The van der Waals surface area contributed by atoms with Gasteiger partial charge in [-0.3, -0.25) is 0 Å². The maximum atomic E-state index is 2.40. The van der Waals surface area contributed by atoms with E-state index in [0.717, 1.165) is 0 Å². The van der Waals surface area contributed by atoms with E-state index in [1.807, 2.05) is 0 Å². The number of allylic oxidation sites excluding steroid dienone is 1. The Kier molecular flexibility index (Phi) is 3.95. The summed E-state index contributed by atoms with van der Waals surface area (Å²) in [4.78, 5) is 0. The highest BCUT2D eigenvalue weighted by molar-refractivity contribution is 5.86. The minimum absolute atomic E-state index is 0.524. The number of hydrogen-bond acceptors (Lipinski definition) is 0. The van der Waals surface area contributed by atoms with Crippen LogP contribution in [-0.4, -0.2) is 0 Å². The Morgan fingerprint density at radius 2 is 1.55 bits per heavy atom. The smallest absolute Gasteiger partial charge is 0.0167 e. The summed E-state index contributed by atoms with van der Waals surface area (Å²) in [7, 11) is 0. The van der Waals surface area contributed by atoms with Gasteiger partial charge in [0.05, 0.1) is 0 Å². The second-order valence-corrected chi connectivity index (χ2v) is 6.95. The zero-order valence-corrected chi connectivity index (χ0v) is 14.3. The maximum Gasteiger partial charge on any atom is 0.0167 e.